The lowest BCUT2D eigenvalue weighted by Gasteiger charge is -2.19. The highest BCUT2D eigenvalue weighted by molar-refractivity contribution is 6.04. The van der Waals surface area contributed by atoms with Crippen LogP contribution < -0.4 is 16.0 Å². The fraction of sp³-hybridized carbons (Fsp3) is 0.300. The molecule has 8 heteroatoms. The number of amides is 3. The summed E-state index contributed by atoms with van der Waals surface area (Å²) in [6.07, 6.45) is 2.43. The van der Waals surface area contributed by atoms with Gasteiger partial charge in [0, 0.05) is 24.6 Å². The molecule has 0 bridgehead atoms. The summed E-state index contributed by atoms with van der Waals surface area (Å²) >= 11 is 0. The molecule has 28 heavy (non-hydrogen) atoms. The first-order chi connectivity index (χ1) is 13.2. The zero-order valence-corrected chi connectivity index (χ0v) is 16.1. The third-order valence-electron chi connectivity index (χ3n) is 3.39. The number of anilines is 1. The van der Waals surface area contributed by atoms with E-state index in [2.05, 4.69) is 20.9 Å². The normalized spacial score (nSPS) is 10.7. The number of hydrogen-bond donors (Lipinski definition) is 3. The average Bonchev–Trinajstić information content (AvgIpc) is 2.64. The number of nitrogens with one attached hydrogen (secondary N) is 3. The van der Waals surface area contributed by atoms with Gasteiger partial charge in [-0.15, -0.1) is 0 Å². The number of aromatic nitrogens is 1. The van der Waals surface area contributed by atoms with Crippen LogP contribution >= 0.6 is 0 Å². The molecular formula is C20H24N4O4. The summed E-state index contributed by atoms with van der Waals surface area (Å²) in [5, 5.41) is 7.88. The Morgan fingerprint density at radius 1 is 1.07 bits per heavy atom. The number of nitrogens with zero attached hydrogens (tertiary/aromatic N) is 1. The highest BCUT2D eigenvalue weighted by atomic mass is 16.6. The Bertz CT molecular complexity index is 832. The first-order valence-electron chi connectivity index (χ1n) is 8.77. The second-order valence-corrected chi connectivity index (χ2v) is 7.03. The van der Waals surface area contributed by atoms with Crippen molar-refractivity contribution in [2.75, 3.05) is 11.9 Å². The van der Waals surface area contributed by atoms with Crippen molar-refractivity contribution < 1.29 is 19.1 Å². The van der Waals surface area contributed by atoms with Crippen LogP contribution in [0.15, 0.2) is 48.8 Å². The highest BCUT2D eigenvalue weighted by Crippen LogP contribution is 2.12. The molecule has 1 heterocycles. The van der Waals surface area contributed by atoms with Crippen LogP contribution in [0.5, 0.6) is 0 Å². The smallest absolute Gasteiger partial charge is 0.408 e. The van der Waals surface area contributed by atoms with Crippen molar-refractivity contribution in [3.05, 3.63) is 59.9 Å². The maximum atomic E-state index is 12.2. The maximum Gasteiger partial charge on any atom is 0.408 e. The lowest BCUT2D eigenvalue weighted by Crippen LogP contribution is -2.39. The van der Waals surface area contributed by atoms with Crippen LogP contribution in [0.2, 0.25) is 0 Å². The molecular weight excluding hydrogens is 360 g/mol. The van der Waals surface area contributed by atoms with Gasteiger partial charge in [-0.3, -0.25) is 14.6 Å². The summed E-state index contributed by atoms with van der Waals surface area (Å²) in [6.45, 7) is 5.30. The number of ether oxygens (including phenoxy) is 1. The number of hydrogen-bond acceptors (Lipinski definition) is 5. The van der Waals surface area contributed by atoms with Crippen molar-refractivity contribution in [1.29, 1.82) is 0 Å². The number of pyridine rings is 1. The number of carbonyl (C=O) groups is 3. The van der Waals surface area contributed by atoms with E-state index in [-0.39, 0.29) is 24.9 Å². The molecule has 0 fully saturated rings. The van der Waals surface area contributed by atoms with Gasteiger partial charge in [0.05, 0.1) is 5.56 Å². The van der Waals surface area contributed by atoms with Crippen LogP contribution in [0.4, 0.5) is 10.5 Å². The Kier molecular flexibility index (Phi) is 7.08. The number of rotatable bonds is 6. The molecule has 0 unspecified atom stereocenters. The predicted molar refractivity (Wildman–Crippen MR) is 105 cm³/mol. The van der Waals surface area contributed by atoms with Gasteiger partial charge < -0.3 is 20.7 Å². The summed E-state index contributed by atoms with van der Waals surface area (Å²) in [5.74, 6) is -0.619. The standard InChI is InChI=1S/C20H24N4O4/c1-20(2,3)28-19(27)23-13-17(25)22-11-14-6-4-8-16(10-14)24-18(26)15-7-5-9-21-12-15/h4-10,12H,11,13H2,1-3H3,(H,22,25)(H,23,27)(H,24,26). The molecule has 2 aromatic rings. The minimum Gasteiger partial charge on any atom is -0.444 e. The van der Waals surface area contributed by atoms with E-state index in [1.165, 1.54) is 6.20 Å². The Balaban J connectivity index is 1.81. The molecule has 0 spiro atoms. The van der Waals surface area contributed by atoms with Crippen LogP contribution in [-0.2, 0) is 16.1 Å². The van der Waals surface area contributed by atoms with Gasteiger partial charge in [-0.2, -0.15) is 0 Å². The monoisotopic (exact) mass is 384 g/mol. The van der Waals surface area contributed by atoms with Gasteiger partial charge in [-0.05, 0) is 50.6 Å². The zero-order valence-electron chi connectivity index (χ0n) is 16.1. The molecule has 0 radical (unpaired) electrons. The summed E-state index contributed by atoms with van der Waals surface area (Å²) in [4.78, 5) is 39.5. The van der Waals surface area contributed by atoms with Crippen molar-refractivity contribution >= 4 is 23.6 Å². The first kappa shape index (κ1) is 20.9. The topological polar surface area (TPSA) is 109 Å². The van der Waals surface area contributed by atoms with E-state index in [4.69, 9.17) is 4.74 Å². The molecule has 8 nitrogen and oxygen atoms in total. The van der Waals surface area contributed by atoms with E-state index in [0.717, 1.165) is 5.56 Å². The quantitative estimate of drug-likeness (QED) is 0.709. The molecule has 2 rings (SSSR count). The van der Waals surface area contributed by atoms with Crippen LogP contribution in [0, 0.1) is 0 Å². The SMILES string of the molecule is CC(C)(C)OC(=O)NCC(=O)NCc1cccc(NC(=O)c2cccnc2)c1. The van der Waals surface area contributed by atoms with E-state index < -0.39 is 11.7 Å². The van der Waals surface area contributed by atoms with E-state index >= 15 is 0 Å². The molecule has 0 aliphatic heterocycles. The molecule has 3 N–H and O–H groups in total. The molecule has 1 aromatic heterocycles. The Morgan fingerprint density at radius 2 is 1.86 bits per heavy atom. The van der Waals surface area contributed by atoms with Crippen molar-refractivity contribution in [3.8, 4) is 0 Å². The molecule has 1 aromatic carbocycles. The third kappa shape index (κ3) is 7.45. The Morgan fingerprint density at radius 3 is 2.54 bits per heavy atom. The van der Waals surface area contributed by atoms with Crippen LogP contribution in [-0.4, -0.2) is 35.0 Å². The molecule has 0 saturated heterocycles. The predicted octanol–water partition coefficient (Wildman–Crippen LogP) is 2.47. The zero-order chi connectivity index (χ0) is 20.6. The van der Waals surface area contributed by atoms with E-state index in [9.17, 15) is 14.4 Å². The minimum absolute atomic E-state index is 0.188. The number of carbonyl (C=O) groups excluding carboxylic acids is 3. The molecule has 0 saturated carbocycles. The van der Waals surface area contributed by atoms with Gasteiger partial charge in [0.15, 0.2) is 0 Å². The molecule has 148 valence electrons. The van der Waals surface area contributed by atoms with Crippen molar-refractivity contribution in [3.63, 3.8) is 0 Å². The van der Waals surface area contributed by atoms with Crippen molar-refractivity contribution in [2.45, 2.75) is 32.9 Å². The van der Waals surface area contributed by atoms with Crippen LogP contribution in [0.25, 0.3) is 0 Å². The lowest BCUT2D eigenvalue weighted by atomic mass is 10.2. The van der Waals surface area contributed by atoms with Gasteiger partial charge in [0.2, 0.25) is 5.91 Å². The molecule has 0 atom stereocenters. The molecule has 3 amide bonds. The maximum absolute atomic E-state index is 12.2. The second kappa shape index (κ2) is 9.50. The summed E-state index contributed by atoms with van der Waals surface area (Å²) in [7, 11) is 0. The molecule has 0 aliphatic carbocycles. The van der Waals surface area contributed by atoms with Gasteiger partial charge in [0.1, 0.15) is 12.1 Å². The second-order valence-electron chi connectivity index (χ2n) is 7.03. The highest BCUT2D eigenvalue weighted by Gasteiger charge is 2.16. The fourth-order valence-electron chi connectivity index (χ4n) is 2.19. The summed E-state index contributed by atoms with van der Waals surface area (Å²) < 4.78 is 5.07. The minimum atomic E-state index is -0.650. The van der Waals surface area contributed by atoms with Gasteiger partial charge >= 0.3 is 6.09 Å². The third-order valence-corrected chi connectivity index (χ3v) is 3.39. The lowest BCUT2D eigenvalue weighted by molar-refractivity contribution is -0.120. The Hall–Kier alpha value is -3.42. The van der Waals surface area contributed by atoms with E-state index in [1.54, 1.807) is 57.3 Å². The Labute approximate surface area is 163 Å². The fourth-order valence-corrected chi connectivity index (χ4v) is 2.19. The van der Waals surface area contributed by atoms with E-state index in [0.29, 0.717) is 11.3 Å². The average molecular weight is 384 g/mol. The van der Waals surface area contributed by atoms with Gasteiger partial charge in [-0.25, -0.2) is 4.79 Å². The van der Waals surface area contributed by atoms with Crippen LogP contribution in [0.1, 0.15) is 36.7 Å². The summed E-state index contributed by atoms with van der Waals surface area (Å²) in [6, 6.07) is 10.5. The number of alkyl carbamates (subject to hydrolysis) is 1. The van der Waals surface area contributed by atoms with Crippen molar-refractivity contribution in [1.82, 2.24) is 15.6 Å². The van der Waals surface area contributed by atoms with Crippen molar-refractivity contribution in [2.24, 2.45) is 0 Å². The molecule has 0 aliphatic rings. The first-order valence-corrected chi connectivity index (χ1v) is 8.77. The largest absolute Gasteiger partial charge is 0.444 e. The number of benzene rings is 1. The van der Waals surface area contributed by atoms with Gasteiger partial charge in [0.25, 0.3) is 5.91 Å². The summed E-state index contributed by atoms with van der Waals surface area (Å²) in [5.41, 5.74) is 1.23. The van der Waals surface area contributed by atoms with Crippen LogP contribution in [0.3, 0.4) is 0 Å². The van der Waals surface area contributed by atoms with E-state index in [1.807, 2.05) is 6.07 Å². The van der Waals surface area contributed by atoms with Gasteiger partial charge in [-0.1, -0.05) is 12.1 Å².